The predicted molar refractivity (Wildman–Crippen MR) is 142 cm³/mol. The molecule has 0 fully saturated rings. The molecule has 0 aromatic heterocycles. The number of anilines is 1. The molecule has 0 aliphatic heterocycles. The van der Waals surface area contributed by atoms with Gasteiger partial charge in [0.05, 0.1) is 23.7 Å². The third-order valence-corrected chi connectivity index (χ3v) is 7.24. The normalized spacial score (nSPS) is 12.0. The Morgan fingerprint density at radius 2 is 1.56 bits per heavy atom. The van der Waals surface area contributed by atoms with Gasteiger partial charge in [-0.25, -0.2) is 13.2 Å². The molecular formula is C29H28N2O4S. The average Bonchev–Trinajstić information content (AvgIpc) is 2.89. The van der Waals surface area contributed by atoms with Gasteiger partial charge in [-0.2, -0.15) is 5.26 Å². The molecule has 3 aromatic rings. The van der Waals surface area contributed by atoms with Gasteiger partial charge in [-0.15, -0.1) is 0 Å². The minimum Gasteiger partial charge on any atom is -0.462 e. The van der Waals surface area contributed by atoms with E-state index in [1.165, 1.54) is 4.31 Å². The Balaban J connectivity index is 1.93. The van der Waals surface area contributed by atoms with E-state index < -0.39 is 16.0 Å². The molecule has 0 amide bonds. The minimum atomic E-state index is -3.82. The van der Waals surface area contributed by atoms with Crippen molar-refractivity contribution in [3.05, 3.63) is 114 Å². The van der Waals surface area contributed by atoms with Crippen molar-refractivity contribution in [1.29, 1.82) is 5.26 Å². The first-order valence-electron chi connectivity index (χ1n) is 11.5. The van der Waals surface area contributed by atoms with Crippen molar-refractivity contribution >= 4 is 27.3 Å². The van der Waals surface area contributed by atoms with Gasteiger partial charge in [0.2, 0.25) is 0 Å². The molecule has 0 aliphatic carbocycles. The van der Waals surface area contributed by atoms with Crippen molar-refractivity contribution in [1.82, 2.24) is 0 Å². The minimum absolute atomic E-state index is 0.0695. The molecule has 184 valence electrons. The van der Waals surface area contributed by atoms with E-state index in [0.717, 1.165) is 11.1 Å². The van der Waals surface area contributed by atoms with Gasteiger partial charge in [0.15, 0.2) is 0 Å². The van der Waals surface area contributed by atoms with E-state index in [9.17, 15) is 18.5 Å². The topological polar surface area (TPSA) is 87.5 Å². The summed E-state index contributed by atoms with van der Waals surface area (Å²) >= 11 is 0. The van der Waals surface area contributed by atoms with Crippen molar-refractivity contribution in [3.63, 3.8) is 0 Å². The number of benzene rings is 3. The molecule has 0 N–H and O–H groups in total. The molecule has 0 saturated carbocycles. The number of ether oxygens (including phenoxy) is 1. The van der Waals surface area contributed by atoms with Crippen LogP contribution in [0.2, 0.25) is 0 Å². The lowest BCUT2D eigenvalue weighted by molar-refractivity contribution is -0.137. The number of hydrogen-bond acceptors (Lipinski definition) is 5. The number of aryl methyl sites for hydroxylation is 1. The van der Waals surface area contributed by atoms with Crippen LogP contribution in [-0.4, -0.2) is 27.5 Å². The van der Waals surface area contributed by atoms with Crippen LogP contribution in [0.25, 0.3) is 5.57 Å². The zero-order valence-electron chi connectivity index (χ0n) is 20.3. The number of rotatable bonds is 10. The van der Waals surface area contributed by atoms with E-state index >= 15 is 0 Å². The molecule has 6 nitrogen and oxygen atoms in total. The second-order valence-electron chi connectivity index (χ2n) is 7.91. The van der Waals surface area contributed by atoms with Crippen LogP contribution in [-0.2, 0) is 19.6 Å². The number of carbonyl (C=O) groups excluding carboxylic acids is 1. The van der Waals surface area contributed by atoms with Crippen LogP contribution >= 0.6 is 0 Å². The number of para-hydroxylation sites is 1. The van der Waals surface area contributed by atoms with Crippen LogP contribution in [0.3, 0.4) is 0 Å². The first-order valence-corrected chi connectivity index (χ1v) is 13.0. The molecule has 0 aliphatic rings. The molecule has 0 radical (unpaired) electrons. The summed E-state index contributed by atoms with van der Waals surface area (Å²) in [5.41, 5.74) is 2.67. The highest BCUT2D eigenvalue weighted by Gasteiger charge is 2.24. The molecule has 7 heteroatoms. The third kappa shape index (κ3) is 6.49. The highest BCUT2D eigenvalue weighted by atomic mass is 32.2. The third-order valence-electron chi connectivity index (χ3n) is 5.43. The molecule has 0 heterocycles. The Hall–Kier alpha value is -4.15. The number of allylic oxidation sites excluding steroid dienone is 2. The Labute approximate surface area is 212 Å². The van der Waals surface area contributed by atoms with Crippen molar-refractivity contribution in [3.8, 4) is 6.07 Å². The van der Waals surface area contributed by atoms with E-state index in [2.05, 4.69) is 0 Å². The van der Waals surface area contributed by atoms with E-state index in [0.29, 0.717) is 11.3 Å². The zero-order valence-corrected chi connectivity index (χ0v) is 21.1. The molecule has 0 atom stereocenters. The van der Waals surface area contributed by atoms with Gasteiger partial charge in [-0.1, -0.05) is 78.4 Å². The largest absolute Gasteiger partial charge is 0.462 e. The predicted octanol–water partition coefficient (Wildman–Crippen LogP) is 5.68. The van der Waals surface area contributed by atoms with Gasteiger partial charge in [0.25, 0.3) is 10.0 Å². The molecule has 0 spiro atoms. The first-order chi connectivity index (χ1) is 17.4. The Kier molecular flexibility index (Phi) is 9.20. The van der Waals surface area contributed by atoms with Gasteiger partial charge < -0.3 is 4.74 Å². The smallest absolute Gasteiger partial charge is 0.349 e. The molecular weight excluding hydrogens is 472 g/mol. The monoisotopic (exact) mass is 500 g/mol. The Morgan fingerprint density at radius 1 is 0.944 bits per heavy atom. The van der Waals surface area contributed by atoms with Crippen molar-refractivity contribution < 1.29 is 17.9 Å². The molecule has 36 heavy (non-hydrogen) atoms. The fourth-order valence-electron chi connectivity index (χ4n) is 3.59. The van der Waals surface area contributed by atoms with Crippen LogP contribution in [0, 0.1) is 18.3 Å². The van der Waals surface area contributed by atoms with Gasteiger partial charge in [0.1, 0.15) is 11.6 Å². The van der Waals surface area contributed by atoms with Crippen molar-refractivity contribution in [2.24, 2.45) is 0 Å². The lowest BCUT2D eigenvalue weighted by atomic mass is 9.97. The Morgan fingerprint density at radius 3 is 2.14 bits per heavy atom. The van der Waals surface area contributed by atoms with E-state index in [4.69, 9.17) is 4.74 Å². The van der Waals surface area contributed by atoms with Gasteiger partial charge in [-0.3, -0.25) is 4.31 Å². The lowest BCUT2D eigenvalue weighted by Gasteiger charge is -2.23. The molecule has 0 unspecified atom stereocenters. The molecule has 3 rings (SSSR count). The summed E-state index contributed by atoms with van der Waals surface area (Å²) in [5.74, 6) is -0.680. The van der Waals surface area contributed by atoms with Gasteiger partial charge in [-0.05, 0) is 55.7 Å². The number of esters is 1. The number of sulfonamides is 1. The fraction of sp³-hybridized carbons (Fsp3) is 0.172. The maximum absolute atomic E-state index is 13.5. The number of hydrogen-bond donors (Lipinski definition) is 0. The van der Waals surface area contributed by atoms with Crippen LogP contribution in [0.15, 0.2) is 108 Å². The lowest BCUT2D eigenvalue weighted by Crippen LogP contribution is -2.31. The summed E-state index contributed by atoms with van der Waals surface area (Å²) in [6, 6.07) is 26.7. The number of nitrogens with zero attached hydrogens (tertiary/aromatic N) is 2. The highest BCUT2D eigenvalue weighted by molar-refractivity contribution is 7.92. The van der Waals surface area contributed by atoms with E-state index in [1.54, 1.807) is 67.6 Å². The van der Waals surface area contributed by atoms with Crippen LogP contribution < -0.4 is 4.31 Å². The standard InChI is InChI=1S/C29H28N2O4S/c1-3-35-29(32)28(22-30)27(24-12-6-4-7-13-24)16-10-11-21-31(25-14-8-5-9-15-25)36(33,34)26-19-17-23(2)18-20-26/h4-15,17-20H,3,16,21H2,1-2H3/b11-10+,28-27+. The summed E-state index contributed by atoms with van der Waals surface area (Å²) in [6.07, 6.45) is 3.74. The summed E-state index contributed by atoms with van der Waals surface area (Å²) in [5, 5.41) is 9.68. The maximum Gasteiger partial charge on any atom is 0.349 e. The number of nitriles is 1. The maximum atomic E-state index is 13.5. The molecule has 0 bridgehead atoms. The highest BCUT2D eigenvalue weighted by Crippen LogP contribution is 2.26. The van der Waals surface area contributed by atoms with Crippen LogP contribution in [0.4, 0.5) is 5.69 Å². The van der Waals surface area contributed by atoms with E-state index in [1.807, 2.05) is 49.4 Å². The fourth-order valence-corrected chi connectivity index (χ4v) is 5.00. The van der Waals surface area contributed by atoms with Crippen LogP contribution in [0.5, 0.6) is 0 Å². The quantitative estimate of drug-likeness (QED) is 0.155. The first kappa shape index (κ1) is 26.5. The van der Waals surface area contributed by atoms with E-state index in [-0.39, 0.29) is 30.0 Å². The van der Waals surface area contributed by atoms with Gasteiger partial charge >= 0.3 is 5.97 Å². The summed E-state index contributed by atoms with van der Waals surface area (Å²) < 4.78 is 33.4. The zero-order chi connectivity index (χ0) is 26.0. The summed E-state index contributed by atoms with van der Waals surface area (Å²) in [6.45, 7) is 3.81. The summed E-state index contributed by atoms with van der Waals surface area (Å²) in [7, 11) is -3.82. The molecule has 3 aromatic carbocycles. The SMILES string of the molecule is CCOC(=O)/C(C#N)=C(\C/C=C/CN(c1ccccc1)S(=O)(=O)c1ccc(C)cc1)c1ccccc1. The number of carbonyl (C=O) groups is 1. The second-order valence-corrected chi connectivity index (χ2v) is 9.77. The summed E-state index contributed by atoms with van der Waals surface area (Å²) in [4.78, 5) is 12.6. The van der Waals surface area contributed by atoms with Gasteiger partial charge in [0, 0.05) is 0 Å². The average molecular weight is 501 g/mol. The van der Waals surface area contributed by atoms with Crippen LogP contribution in [0.1, 0.15) is 24.5 Å². The second kappa shape index (κ2) is 12.5. The van der Waals surface area contributed by atoms with Crippen molar-refractivity contribution in [2.75, 3.05) is 17.5 Å². The molecule has 0 saturated heterocycles. The van der Waals surface area contributed by atoms with Crippen molar-refractivity contribution in [2.45, 2.75) is 25.2 Å². The Bertz CT molecular complexity index is 1370.